The number of amides is 4. The largest absolute Gasteiger partial charge is 0.481 e. The molecule has 14 heteroatoms. The molecule has 39 heavy (non-hydrogen) atoms. The second-order valence-corrected chi connectivity index (χ2v) is 9.04. The third-order valence-electron chi connectivity index (χ3n) is 5.80. The van der Waals surface area contributed by atoms with E-state index in [1.807, 2.05) is 0 Å². The van der Waals surface area contributed by atoms with Crippen LogP contribution in [0.3, 0.4) is 0 Å². The minimum absolute atomic E-state index is 0.0393. The van der Waals surface area contributed by atoms with Crippen LogP contribution >= 0.6 is 0 Å². The molecule has 0 fully saturated rings. The summed E-state index contributed by atoms with van der Waals surface area (Å²) in [5.74, 6) is -5.49. The van der Waals surface area contributed by atoms with Gasteiger partial charge in [-0.15, -0.1) is 0 Å². The van der Waals surface area contributed by atoms with Gasteiger partial charge in [0, 0.05) is 19.3 Å². The van der Waals surface area contributed by atoms with Crippen molar-refractivity contribution in [3.8, 4) is 0 Å². The lowest BCUT2D eigenvalue weighted by Crippen LogP contribution is -2.57. The fourth-order valence-electron chi connectivity index (χ4n) is 3.60. The Kier molecular flexibility index (Phi) is 14.8. The molecular formula is C25H38N6O8. The predicted molar refractivity (Wildman–Crippen MR) is 140 cm³/mol. The van der Waals surface area contributed by atoms with Crippen molar-refractivity contribution in [1.29, 1.82) is 0 Å². The Morgan fingerprint density at radius 3 is 1.90 bits per heavy atom. The van der Waals surface area contributed by atoms with Gasteiger partial charge in [-0.2, -0.15) is 0 Å². The smallest absolute Gasteiger partial charge is 0.326 e. The second-order valence-electron chi connectivity index (χ2n) is 9.04. The van der Waals surface area contributed by atoms with Crippen LogP contribution < -0.4 is 33.2 Å². The zero-order chi connectivity index (χ0) is 29.4. The van der Waals surface area contributed by atoms with Crippen molar-refractivity contribution >= 4 is 35.6 Å². The minimum atomic E-state index is -1.41. The normalized spacial score (nSPS) is 13.8. The summed E-state index contributed by atoms with van der Waals surface area (Å²) in [4.78, 5) is 72.4. The molecule has 0 spiro atoms. The van der Waals surface area contributed by atoms with Gasteiger partial charge in [0.05, 0.1) is 6.04 Å². The first kappa shape index (κ1) is 33.0. The van der Waals surface area contributed by atoms with Crippen molar-refractivity contribution in [2.45, 2.75) is 75.5 Å². The van der Waals surface area contributed by atoms with Gasteiger partial charge in [-0.3, -0.25) is 24.0 Å². The third kappa shape index (κ3) is 13.4. The maximum Gasteiger partial charge on any atom is 0.326 e. The number of hydrogen-bond donors (Lipinski definition) is 8. The van der Waals surface area contributed by atoms with Crippen LogP contribution in [-0.4, -0.2) is 76.5 Å². The SMILES string of the molecule is NCCCCC(NC(=O)C(Cc1ccccc1)NC(=O)C(N)CCC(=O)O)C(=O)NC(CCC(N)=O)C(=O)O. The summed E-state index contributed by atoms with van der Waals surface area (Å²) in [5, 5.41) is 25.7. The number of carbonyl (C=O) groups excluding carboxylic acids is 4. The van der Waals surface area contributed by atoms with Gasteiger partial charge >= 0.3 is 11.9 Å². The number of benzene rings is 1. The van der Waals surface area contributed by atoms with Gasteiger partial charge in [0.25, 0.3) is 0 Å². The standard InChI is InChI=1S/C25H38N6O8/c26-13-5-4-8-17(23(36)30-18(25(38)39)10-11-20(28)32)29-24(37)19(14-15-6-2-1-3-7-15)31-22(35)16(27)9-12-21(33)34/h1-3,6-7,16-19H,4-5,8-14,26-27H2,(H2,28,32)(H,29,37)(H,30,36)(H,31,35)(H,33,34)(H,38,39). The van der Waals surface area contributed by atoms with E-state index in [1.54, 1.807) is 30.3 Å². The topological polar surface area (TPSA) is 257 Å². The van der Waals surface area contributed by atoms with Crippen LogP contribution in [0, 0.1) is 0 Å². The Bertz CT molecular complexity index is 990. The number of unbranched alkanes of at least 4 members (excludes halogenated alkanes) is 1. The van der Waals surface area contributed by atoms with Crippen LogP contribution in [0.2, 0.25) is 0 Å². The lowest BCUT2D eigenvalue weighted by Gasteiger charge is -2.25. The second kappa shape index (κ2) is 17.5. The number of nitrogens with one attached hydrogen (secondary N) is 3. The molecule has 4 unspecified atom stereocenters. The molecule has 1 aromatic rings. The molecule has 0 heterocycles. The first-order valence-corrected chi connectivity index (χ1v) is 12.6. The van der Waals surface area contributed by atoms with E-state index in [2.05, 4.69) is 16.0 Å². The van der Waals surface area contributed by atoms with Gasteiger partial charge in [-0.1, -0.05) is 30.3 Å². The molecule has 14 nitrogen and oxygen atoms in total. The molecule has 1 rings (SSSR count). The minimum Gasteiger partial charge on any atom is -0.481 e. The van der Waals surface area contributed by atoms with Crippen LogP contribution in [0.15, 0.2) is 30.3 Å². The quantitative estimate of drug-likeness (QED) is 0.0910. The molecule has 11 N–H and O–H groups in total. The van der Waals surface area contributed by atoms with Crippen molar-refractivity contribution in [2.24, 2.45) is 17.2 Å². The highest BCUT2D eigenvalue weighted by atomic mass is 16.4. The van der Waals surface area contributed by atoms with E-state index in [0.29, 0.717) is 24.9 Å². The van der Waals surface area contributed by atoms with Gasteiger partial charge < -0.3 is 43.4 Å². The molecule has 0 aromatic heterocycles. The molecule has 0 aliphatic rings. The Labute approximate surface area is 226 Å². The summed E-state index contributed by atoms with van der Waals surface area (Å²) in [7, 11) is 0. The average Bonchev–Trinajstić information content (AvgIpc) is 2.88. The van der Waals surface area contributed by atoms with E-state index in [9.17, 15) is 33.9 Å². The summed E-state index contributed by atoms with van der Waals surface area (Å²) >= 11 is 0. The lowest BCUT2D eigenvalue weighted by molar-refractivity contribution is -0.142. The van der Waals surface area contributed by atoms with Crippen LogP contribution in [-0.2, 0) is 35.2 Å². The highest BCUT2D eigenvalue weighted by Gasteiger charge is 2.30. The van der Waals surface area contributed by atoms with Crippen molar-refractivity contribution < 1.29 is 39.0 Å². The van der Waals surface area contributed by atoms with Gasteiger partial charge in [0.15, 0.2) is 0 Å². The van der Waals surface area contributed by atoms with Gasteiger partial charge in [0.1, 0.15) is 18.1 Å². The molecule has 0 aliphatic carbocycles. The van der Waals surface area contributed by atoms with Crippen LogP contribution in [0.25, 0.3) is 0 Å². The van der Waals surface area contributed by atoms with E-state index in [1.165, 1.54) is 0 Å². The number of aliphatic carboxylic acids is 2. The van der Waals surface area contributed by atoms with E-state index >= 15 is 0 Å². The molecule has 216 valence electrons. The molecule has 0 saturated carbocycles. The molecule has 4 amide bonds. The number of carboxylic acid groups (broad SMARTS) is 2. The van der Waals surface area contributed by atoms with Crippen molar-refractivity contribution in [1.82, 2.24) is 16.0 Å². The molecular weight excluding hydrogens is 512 g/mol. The highest BCUT2D eigenvalue weighted by molar-refractivity contribution is 5.94. The van der Waals surface area contributed by atoms with Crippen LogP contribution in [0.5, 0.6) is 0 Å². The van der Waals surface area contributed by atoms with Gasteiger partial charge in [-0.05, 0) is 44.2 Å². The van der Waals surface area contributed by atoms with E-state index in [0.717, 1.165) is 0 Å². The molecule has 0 radical (unpaired) electrons. The molecule has 1 aromatic carbocycles. The zero-order valence-corrected chi connectivity index (χ0v) is 21.6. The van der Waals surface area contributed by atoms with Gasteiger partial charge in [0.2, 0.25) is 23.6 Å². The Morgan fingerprint density at radius 2 is 1.33 bits per heavy atom. The molecule has 0 saturated heterocycles. The summed E-state index contributed by atoms with van der Waals surface area (Å²) in [5.41, 5.74) is 17.1. The summed E-state index contributed by atoms with van der Waals surface area (Å²) < 4.78 is 0. The monoisotopic (exact) mass is 550 g/mol. The molecule has 0 bridgehead atoms. The molecule has 0 aliphatic heterocycles. The van der Waals surface area contributed by atoms with E-state index in [-0.39, 0.29) is 38.5 Å². The fraction of sp³-hybridized carbons (Fsp3) is 0.520. The summed E-state index contributed by atoms with van der Waals surface area (Å²) in [6.45, 7) is 0.333. The van der Waals surface area contributed by atoms with Crippen molar-refractivity contribution in [3.63, 3.8) is 0 Å². The zero-order valence-electron chi connectivity index (χ0n) is 21.6. The molecule has 4 atom stereocenters. The fourth-order valence-corrected chi connectivity index (χ4v) is 3.60. The van der Waals surface area contributed by atoms with E-state index in [4.69, 9.17) is 22.3 Å². The van der Waals surface area contributed by atoms with Crippen molar-refractivity contribution in [3.05, 3.63) is 35.9 Å². The maximum atomic E-state index is 13.3. The average molecular weight is 551 g/mol. The van der Waals surface area contributed by atoms with Gasteiger partial charge in [-0.25, -0.2) is 4.79 Å². The first-order chi connectivity index (χ1) is 18.4. The number of rotatable bonds is 19. The highest BCUT2D eigenvalue weighted by Crippen LogP contribution is 2.08. The predicted octanol–water partition coefficient (Wildman–Crippen LogP) is -1.65. The third-order valence-corrected chi connectivity index (χ3v) is 5.80. The Hall–Kier alpha value is -4.04. The Morgan fingerprint density at radius 1 is 0.744 bits per heavy atom. The summed E-state index contributed by atoms with van der Waals surface area (Å²) in [6.07, 6.45) is 0.144. The van der Waals surface area contributed by atoms with Crippen LogP contribution in [0.1, 0.15) is 50.5 Å². The number of nitrogens with two attached hydrogens (primary N) is 3. The van der Waals surface area contributed by atoms with Crippen molar-refractivity contribution in [2.75, 3.05) is 6.54 Å². The maximum absolute atomic E-state index is 13.3. The van der Waals surface area contributed by atoms with Crippen LogP contribution in [0.4, 0.5) is 0 Å². The lowest BCUT2D eigenvalue weighted by atomic mass is 10.0. The number of carboxylic acids is 2. The number of primary amides is 1. The number of carbonyl (C=O) groups is 6. The number of hydrogen-bond acceptors (Lipinski definition) is 8. The van der Waals surface area contributed by atoms with E-state index < -0.39 is 59.7 Å². The Balaban J connectivity index is 3.09. The summed E-state index contributed by atoms with van der Waals surface area (Å²) in [6, 6.07) is 3.78. The first-order valence-electron chi connectivity index (χ1n) is 12.6.